The Morgan fingerprint density at radius 1 is 1.62 bits per heavy atom. The lowest BCUT2D eigenvalue weighted by molar-refractivity contribution is 0.304. The number of ether oxygens (including phenoxy) is 1. The minimum atomic E-state index is 0.435. The van der Waals surface area contributed by atoms with Crippen LogP contribution in [-0.4, -0.2) is 18.1 Å². The van der Waals surface area contributed by atoms with Gasteiger partial charge in [0.05, 0.1) is 18.0 Å². The highest BCUT2D eigenvalue weighted by Gasteiger charge is 2.24. The summed E-state index contributed by atoms with van der Waals surface area (Å²) in [5.41, 5.74) is 0.965. The average Bonchev–Trinajstić information content (AvgIpc) is 2.89. The third-order valence-corrected chi connectivity index (χ3v) is 2.51. The van der Waals surface area contributed by atoms with Crippen LogP contribution in [0.15, 0.2) is 12.3 Å². The first-order valence-electron chi connectivity index (χ1n) is 4.29. The predicted octanol–water partition coefficient (Wildman–Crippen LogP) is 2.27. The Bertz CT molecular complexity index is 312. The van der Waals surface area contributed by atoms with E-state index in [2.05, 4.69) is 32.9 Å². The quantitative estimate of drug-likeness (QED) is 0.685. The van der Waals surface area contributed by atoms with Gasteiger partial charge in [-0.3, -0.25) is 0 Å². The number of anilines is 1. The first-order valence-corrected chi connectivity index (χ1v) is 5.37. The van der Waals surface area contributed by atoms with Gasteiger partial charge in [0.1, 0.15) is 9.45 Å². The van der Waals surface area contributed by atoms with E-state index in [0.717, 1.165) is 15.1 Å². The lowest BCUT2D eigenvalue weighted by Gasteiger charge is -2.09. The van der Waals surface area contributed by atoms with Crippen LogP contribution in [0.4, 0.5) is 5.69 Å². The smallest absolute Gasteiger partial charge is 0.147 e. The monoisotopic (exact) mass is 290 g/mol. The van der Waals surface area contributed by atoms with E-state index in [1.54, 1.807) is 6.20 Å². The highest BCUT2D eigenvalue weighted by Crippen LogP contribution is 2.31. The summed E-state index contributed by atoms with van der Waals surface area (Å²) in [6.45, 7) is 0. The molecule has 2 rings (SSSR count). The second kappa shape index (κ2) is 3.69. The molecule has 0 atom stereocenters. The first kappa shape index (κ1) is 9.05. The molecule has 1 aliphatic rings. The van der Waals surface area contributed by atoms with Crippen LogP contribution in [0.3, 0.4) is 0 Å². The van der Waals surface area contributed by atoms with E-state index >= 15 is 0 Å². The van der Waals surface area contributed by atoms with Crippen molar-refractivity contribution in [3.63, 3.8) is 0 Å². The van der Waals surface area contributed by atoms with Crippen LogP contribution in [0, 0.1) is 3.70 Å². The highest BCUT2D eigenvalue weighted by molar-refractivity contribution is 14.1. The van der Waals surface area contributed by atoms with Gasteiger partial charge in [0, 0.05) is 13.1 Å². The van der Waals surface area contributed by atoms with Gasteiger partial charge in [-0.05, 0) is 35.4 Å². The largest absolute Gasteiger partial charge is 0.488 e. The summed E-state index contributed by atoms with van der Waals surface area (Å²) in [7, 11) is 1.88. The van der Waals surface area contributed by atoms with E-state index in [9.17, 15) is 0 Å². The first-order chi connectivity index (χ1) is 6.29. The normalized spacial score (nSPS) is 15.5. The Kier molecular flexibility index (Phi) is 2.57. The molecule has 70 valence electrons. The molecule has 1 N–H and O–H groups in total. The van der Waals surface area contributed by atoms with Crippen LogP contribution >= 0.6 is 22.6 Å². The molecule has 1 aromatic heterocycles. The minimum Gasteiger partial charge on any atom is -0.488 e. The minimum absolute atomic E-state index is 0.435. The van der Waals surface area contributed by atoms with Crippen molar-refractivity contribution in [2.24, 2.45) is 0 Å². The molecule has 0 bridgehead atoms. The molecule has 0 spiro atoms. The van der Waals surface area contributed by atoms with Gasteiger partial charge in [-0.1, -0.05) is 0 Å². The molecule has 1 saturated carbocycles. The zero-order chi connectivity index (χ0) is 9.26. The molecule has 0 aromatic carbocycles. The third kappa shape index (κ3) is 2.24. The lowest BCUT2D eigenvalue weighted by Crippen LogP contribution is -2.01. The topological polar surface area (TPSA) is 34.2 Å². The summed E-state index contributed by atoms with van der Waals surface area (Å²) in [5.74, 6) is 0.921. The van der Waals surface area contributed by atoms with Crippen molar-refractivity contribution in [3.8, 4) is 5.75 Å². The molecule has 0 unspecified atom stereocenters. The molecular weight excluding hydrogens is 279 g/mol. The average molecular weight is 290 g/mol. The van der Waals surface area contributed by atoms with Gasteiger partial charge >= 0.3 is 0 Å². The number of hydrogen-bond donors (Lipinski definition) is 1. The standard InChI is InChI=1S/C9H11IN2O/c1-11-7-5-12-9(10)4-8(7)13-6-2-3-6/h4-6,11H,2-3H2,1H3. The third-order valence-electron chi connectivity index (χ3n) is 1.92. The predicted molar refractivity (Wildman–Crippen MR) is 60.2 cm³/mol. The van der Waals surface area contributed by atoms with E-state index < -0.39 is 0 Å². The maximum Gasteiger partial charge on any atom is 0.147 e. The van der Waals surface area contributed by atoms with Crippen LogP contribution in [-0.2, 0) is 0 Å². The van der Waals surface area contributed by atoms with E-state index in [-0.39, 0.29) is 0 Å². The molecule has 0 radical (unpaired) electrons. The molecule has 0 saturated heterocycles. The van der Waals surface area contributed by atoms with E-state index in [0.29, 0.717) is 6.10 Å². The Labute approximate surface area is 91.0 Å². The molecule has 1 heterocycles. The zero-order valence-electron chi connectivity index (χ0n) is 7.38. The van der Waals surface area contributed by atoms with Crippen molar-refractivity contribution in [1.82, 2.24) is 4.98 Å². The molecule has 1 aliphatic carbocycles. The summed E-state index contributed by atoms with van der Waals surface area (Å²) < 4.78 is 6.69. The Morgan fingerprint density at radius 2 is 2.38 bits per heavy atom. The van der Waals surface area contributed by atoms with Crippen molar-refractivity contribution < 1.29 is 4.74 Å². The Morgan fingerprint density at radius 3 is 3.00 bits per heavy atom. The van der Waals surface area contributed by atoms with Crippen molar-refractivity contribution in [3.05, 3.63) is 16.0 Å². The number of pyridine rings is 1. The van der Waals surface area contributed by atoms with Crippen molar-refractivity contribution in [2.75, 3.05) is 12.4 Å². The molecule has 1 fully saturated rings. The maximum atomic E-state index is 5.72. The summed E-state index contributed by atoms with van der Waals surface area (Å²) in [6, 6.07) is 1.96. The molecular formula is C9H11IN2O. The highest BCUT2D eigenvalue weighted by atomic mass is 127. The van der Waals surface area contributed by atoms with Gasteiger partial charge in [0.25, 0.3) is 0 Å². The molecule has 4 heteroatoms. The summed E-state index contributed by atoms with van der Waals surface area (Å²) in [6.07, 6.45) is 4.61. The summed E-state index contributed by atoms with van der Waals surface area (Å²) >= 11 is 2.19. The summed E-state index contributed by atoms with van der Waals surface area (Å²) in [4.78, 5) is 4.18. The summed E-state index contributed by atoms with van der Waals surface area (Å²) in [5, 5.41) is 3.07. The van der Waals surface area contributed by atoms with Crippen LogP contribution in [0.25, 0.3) is 0 Å². The van der Waals surface area contributed by atoms with Crippen LogP contribution in [0.2, 0.25) is 0 Å². The van der Waals surface area contributed by atoms with Gasteiger partial charge in [-0.25, -0.2) is 4.98 Å². The molecule has 1 aromatic rings. The SMILES string of the molecule is CNc1cnc(I)cc1OC1CC1. The maximum absolute atomic E-state index is 5.72. The van der Waals surface area contributed by atoms with Gasteiger partial charge in [-0.15, -0.1) is 0 Å². The van der Waals surface area contributed by atoms with Crippen LogP contribution in [0.5, 0.6) is 5.75 Å². The number of nitrogens with zero attached hydrogens (tertiary/aromatic N) is 1. The number of halogens is 1. The van der Waals surface area contributed by atoms with Gasteiger partial charge in [0.2, 0.25) is 0 Å². The number of rotatable bonds is 3. The van der Waals surface area contributed by atoms with Crippen molar-refractivity contribution in [1.29, 1.82) is 0 Å². The number of aromatic nitrogens is 1. The fourth-order valence-corrected chi connectivity index (χ4v) is 1.49. The molecule has 0 amide bonds. The Balaban J connectivity index is 2.22. The van der Waals surface area contributed by atoms with Gasteiger partial charge < -0.3 is 10.1 Å². The van der Waals surface area contributed by atoms with E-state index in [1.165, 1.54) is 12.8 Å². The number of hydrogen-bond acceptors (Lipinski definition) is 3. The zero-order valence-corrected chi connectivity index (χ0v) is 9.54. The Hall–Kier alpha value is -0.520. The van der Waals surface area contributed by atoms with Crippen LogP contribution < -0.4 is 10.1 Å². The van der Waals surface area contributed by atoms with E-state index in [4.69, 9.17) is 4.74 Å². The van der Waals surface area contributed by atoms with Crippen molar-refractivity contribution >= 4 is 28.3 Å². The fourth-order valence-electron chi connectivity index (χ4n) is 1.06. The van der Waals surface area contributed by atoms with Gasteiger partial charge in [-0.2, -0.15) is 0 Å². The van der Waals surface area contributed by atoms with Crippen molar-refractivity contribution in [2.45, 2.75) is 18.9 Å². The van der Waals surface area contributed by atoms with Gasteiger partial charge in [0.15, 0.2) is 0 Å². The second-order valence-corrected chi connectivity index (χ2v) is 4.18. The second-order valence-electron chi connectivity index (χ2n) is 3.07. The molecule has 13 heavy (non-hydrogen) atoms. The number of nitrogens with one attached hydrogen (secondary N) is 1. The molecule has 0 aliphatic heterocycles. The van der Waals surface area contributed by atoms with E-state index in [1.807, 2.05) is 13.1 Å². The molecule has 3 nitrogen and oxygen atoms in total. The fraction of sp³-hybridized carbons (Fsp3) is 0.444. The lowest BCUT2D eigenvalue weighted by atomic mass is 10.4. The van der Waals surface area contributed by atoms with Crippen LogP contribution in [0.1, 0.15) is 12.8 Å².